The smallest absolute Gasteiger partial charge is 0.239 e. The number of carbonyl (C=O) groups excluding carboxylic acids is 1. The fourth-order valence-corrected chi connectivity index (χ4v) is 2.41. The van der Waals surface area contributed by atoms with E-state index in [1.54, 1.807) is 11.3 Å². The van der Waals surface area contributed by atoms with Gasteiger partial charge >= 0.3 is 0 Å². The molecule has 0 radical (unpaired) electrons. The highest BCUT2D eigenvalue weighted by Gasteiger charge is 2.05. The Balaban J connectivity index is 2.32. The summed E-state index contributed by atoms with van der Waals surface area (Å²) in [6.07, 6.45) is 0.933. The van der Waals surface area contributed by atoms with Gasteiger partial charge in [0.2, 0.25) is 5.91 Å². The molecule has 2 aromatic rings. The van der Waals surface area contributed by atoms with Gasteiger partial charge in [-0.3, -0.25) is 4.79 Å². The summed E-state index contributed by atoms with van der Waals surface area (Å²) >= 11 is 7.08. The number of halogens is 1. The van der Waals surface area contributed by atoms with E-state index >= 15 is 0 Å². The van der Waals surface area contributed by atoms with Crippen molar-refractivity contribution in [3.63, 3.8) is 0 Å². The Kier molecular flexibility index (Phi) is 3.41. The summed E-state index contributed by atoms with van der Waals surface area (Å²) in [7, 11) is 0. The maximum Gasteiger partial charge on any atom is 0.239 e. The van der Waals surface area contributed by atoms with Crippen molar-refractivity contribution in [2.45, 2.75) is 13.3 Å². The molecule has 0 aliphatic heterocycles. The lowest BCUT2D eigenvalue weighted by atomic mass is 10.3. The lowest BCUT2D eigenvalue weighted by Gasteiger charge is -2.01. The molecule has 0 saturated carbocycles. The van der Waals surface area contributed by atoms with Gasteiger partial charge in [-0.05, 0) is 24.6 Å². The molecule has 0 bridgehead atoms. The Hall–Kier alpha value is -1.13. The fourth-order valence-electron chi connectivity index (χ4n) is 1.40. The topological polar surface area (TPSA) is 42.0 Å². The molecule has 3 nitrogen and oxygen atoms in total. The van der Waals surface area contributed by atoms with Crippen LogP contribution in [-0.2, 0) is 11.2 Å². The molecule has 1 amide bonds. The lowest BCUT2D eigenvalue weighted by Crippen LogP contribution is -2.12. The van der Waals surface area contributed by atoms with Gasteiger partial charge in [0.1, 0.15) is 5.88 Å². The Morgan fingerprint density at radius 1 is 1.56 bits per heavy atom. The van der Waals surface area contributed by atoms with Gasteiger partial charge in [0.15, 0.2) is 0 Å². The monoisotopic (exact) mass is 254 g/mol. The van der Waals surface area contributed by atoms with Gasteiger partial charge in [0, 0.05) is 5.69 Å². The average molecular weight is 255 g/mol. The van der Waals surface area contributed by atoms with Crippen LogP contribution in [0.15, 0.2) is 18.2 Å². The van der Waals surface area contributed by atoms with E-state index in [-0.39, 0.29) is 11.8 Å². The second-order valence-electron chi connectivity index (χ2n) is 3.33. The summed E-state index contributed by atoms with van der Waals surface area (Å²) in [5, 5.41) is 3.83. The minimum Gasteiger partial charge on any atom is -0.325 e. The van der Waals surface area contributed by atoms with Crippen molar-refractivity contribution in [3.05, 3.63) is 23.2 Å². The van der Waals surface area contributed by atoms with Crippen LogP contribution in [0.1, 0.15) is 11.9 Å². The summed E-state index contributed by atoms with van der Waals surface area (Å²) in [5.41, 5.74) is 1.75. The first-order valence-electron chi connectivity index (χ1n) is 4.98. The third kappa shape index (κ3) is 2.33. The zero-order valence-electron chi connectivity index (χ0n) is 8.79. The number of hydrogen-bond donors (Lipinski definition) is 1. The molecular formula is C11H11ClN2OS. The fraction of sp³-hybridized carbons (Fsp3) is 0.273. The van der Waals surface area contributed by atoms with Crippen LogP contribution >= 0.6 is 22.9 Å². The molecule has 1 aromatic heterocycles. The quantitative estimate of drug-likeness (QED) is 0.856. The number of nitrogens with one attached hydrogen (secondary N) is 1. The molecule has 0 spiro atoms. The first-order chi connectivity index (χ1) is 7.72. The molecule has 1 aromatic carbocycles. The number of carbonyl (C=O) groups is 1. The van der Waals surface area contributed by atoms with Crippen molar-refractivity contribution in [2.24, 2.45) is 0 Å². The molecular weight excluding hydrogens is 244 g/mol. The highest BCUT2D eigenvalue weighted by Crippen LogP contribution is 2.25. The first kappa shape index (κ1) is 11.4. The van der Waals surface area contributed by atoms with Crippen LogP contribution in [0.4, 0.5) is 5.69 Å². The van der Waals surface area contributed by atoms with Crippen molar-refractivity contribution in [1.29, 1.82) is 0 Å². The number of aromatic nitrogens is 1. The van der Waals surface area contributed by atoms with Gasteiger partial charge in [-0.15, -0.1) is 22.9 Å². The second-order valence-corrected chi connectivity index (χ2v) is 4.71. The number of alkyl halides is 1. The van der Waals surface area contributed by atoms with Gasteiger partial charge in [-0.2, -0.15) is 0 Å². The molecule has 0 aliphatic rings. The standard InChI is InChI=1S/C11H11ClN2OS/c1-2-11-14-8-4-3-7(5-9(8)16-11)13-10(15)6-12/h3-5H,2,6H2,1H3,(H,13,15). The third-order valence-corrected chi connectivity index (χ3v) is 3.55. The van der Waals surface area contributed by atoms with Crippen LogP contribution in [0, 0.1) is 0 Å². The highest BCUT2D eigenvalue weighted by molar-refractivity contribution is 7.18. The van der Waals surface area contributed by atoms with E-state index in [0.717, 1.165) is 27.3 Å². The summed E-state index contributed by atoms with van der Waals surface area (Å²) in [6, 6.07) is 5.68. The van der Waals surface area contributed by atoms with E-state index in [1.807, 2.05) is 18.2 Å². The summed E-state index contributed by atoms with van der Waals surface area (Å²) < 4.78 is 1.09. The Bertz CT molecular complexity index is 524. The van der Waals surface area contributed by atoms with Crippen molar-refractivity contribution < 1.29 is 4.79 Å². The lowest BCUT2D eigenvalue weighted by molar-refractivity contribution is -0.113. The van der Waals surface area contributed by atoms with Crippen LogP contribution in [-0.4, -0.2) is 16.8 Å². The summed E-state index contributed by atoms with van der Waals surface area (Å²) in [4.78, 5) is 15.6. The Morgan fingerprint density at radius 2 is 2.38 bits per heavy atom. The molecule has 2 rings (SSSR count). The predicted molar refractivity (Wildman–Crippen MR) is 68.3 cm³/mol. The number of anilines is 1. The molecule has 1 N–H and O–H groups in total. The molecule has 0 unspecified atom stereocenters. The maximum absolute atomic E-state index is 11.1. The number of fused-ring (bicyclic) bond motifs is 1. The zero-order chi connectivity index (χ0) is 11.5. The van der Waals surface area contributed by atoms with Crippen LogP contribution < -0.4 is 5.32 Å². The number of aryl methyl sites for hydroxylation is 1. The molecule has 5 heteroatoms. The van der Waals surface area contributed by atoms with E-state index in [2.05, 4.69) is 17.2 Å². The minimum atomic E-state index is -0.193. The van der Waals surface area contributed by atoms with E-state index in [0.29, 0.717) is 0 Å². The van der Waals surface area contributed by atoms with Crippen LogP contribution in [0.3, 0.4) is 0 Å². The molecule has 84 valence electrons. The van der Waals surface area contributed by atoms with Crippen LogP contribution in [0.2, 0.25) is 0 Å². The van der Waals surface area contributed by atoms with Gasteiger partial charge in [-0.1, -0.05) is 6.92 Å². The Morgan fingerprint density at radius 3 is 3.06 bits per heavy atom. The van der Waals surface area contributed by atoms with Crippen molar-refractivity contribution in [3.8, 4) is 0 Å². The summed E-state index contributed by atoms with van der Waals surface area (Å²) in [5.74, 6) is -0.220. The number of hydrogen-bond acceptors (Lipinski definition) is 3. The first-order valence-corrected chi connectivity index (χ1v) is 6.33. The molecule has 16 heavy (non-hydrogen) atoms. The number of thiazole rings is 1. The van der Waals surface area contributed by atoms with Gasteiger partial charge in [0.05, 0.1) is 15.2 Å². The minimum absolute atomic E-state index is 0.0268. The largest absolute Gasteiger partial charge is 0.325 e. The predicted octanol–water partition coefficient (Wildman–Crippen LogP) is 3.04. The average Bonchev–Trinajstić information content (AvgIpc) is 2.71. The van der Waals surface area contributed by atoms with Gasteiger partial charge in [0.25, 0.3) is 0 Å². The SMILES string of the molecule is CCc1nc2ccc(NC(=O)CCl)cc2s1. The van der Waals surface area contributed by atoms with Gasteiger partial charge in [-0.25, -0.2) is 4.98 Å². The molecule has 0 fully saturated rings. The van der Waals surface area contributed by atoms with Crippen molar-refractivity contribution in [2.75, 3.05) is 11.2 Å². The van der Waals surface area contributed by atoms with Crippen molar-refractivity contribution in [1.82, 2.24) is 4.98 Å². The van der Waals surface area contributed by atoms with E-state index in [1.165, 1.54) is 0 Å². The molecule has 1 heterocycles. The Labute approximate surface area is 102 Å². The highest BCUT2D eigenvalue weighted by atomic mass is 35.5. The maximum atomic E-state index is 11.1. The molecule has 0 atom stereocenters. The molecule has 0 aliphatic carbocycles. The normalized spacial score (nSPS) is 10.6. The molecule has 0 saturated heterocycles. The van der Waals surface area contributed by atoms with E-state index in [4.69, 9.17) is 11.6 Å². The van der Waals surface area contributed by atoms with E-state index < -0.39 is 0 Å². The number of nitrogens with zero attached hydrogens (tertiary/aromatic N) is 1. The van der Waals surface area contributed by atoms with Crippen LogP contribution in [0.5, 0.6) is 0 Å². The zero-order valence-corrected chi connectivity index (χ0v) is 10.4. The number of amides is 1. The van der Waals surface area contributed by atoms with E-state index in [9.17, 15) is 4.79 Å². The number of rotatable bonds is 3. The van der Waals surface area contributed by atoms with Crippen LogP contribution in [0.25, 0.3) is 10.2 Å². The summed E-state index contributed by atoms with van der Waals surface area (Å²) in [6.45, 7) is 2.08. The van der Waals surface area contributed by atoms with Crippen molar-refractivity contribution >= 4 is 44.7 Å². The second kappa shape index (κ2) is 4.80. The number of benzene rings is 1. The van der Waals surface area contributed by atoms with Gasteiger partial charge < -0.3 is 5.32 Å². The third-order valence-electron chi connectivity index (χ3n) is 2.14.